The SMILES string of the molecule is COc1ccc(OC)c(C2(CCS)COC2)c1. The molecular weight excluding hydrogens is 236 g/mol. The molecule has 0 amide bonds. The lowest BCUT2D eigenvalue weighted by molar-refractivity contribution is -0.0623. The highest BCUT2D eigenvalue weighted by Crippen LogP contribution is 2.42. The van der Waals surface area contributed by atoms with Crippen LogP contribution in [0.15, 0.2) is 18.2 Å². The van der Waals surface area contributed by atoms with Gasteiger partial charge in [-0.3, -0.25) is 0 Å². The second kappa shape index (κ2) is 5.19. The minimum Gasteiger partial charge on any atom is -0.497 e. The molecule has 4 heteroatoms. The Labute approximate surface area is 107 Å². The average molecular weight is 254 g/mol. The molecule has 1 aromatic rings. The summed E-state index contributed by atoms with van der Waals surface area (Å²) in [7, 11) is 3.37. The third-order valence-electron chi connectivity index (χ3n) is 3.33. The highest BCUT2D eigenvalue weighted by Gasteiger charge is 2.41. The lowest BCUT2D eigenvalue weighted by Crippen LogP contribution is -2.47. The molecule has 0 unspecified atom stereocenters. The summed E-state index contributed by atoms with van der Waals surface area (Å²) >= 11 is 4.34. The van der Waals surface area contributed by atoms with Gasteiger partial charge in [0.1, 0.15) is 11.5 Å². The summed E-state index contributed by atoms with van der Waals surface area (Å²) in [6.07, 6.45) is 0.986. The van der Waals surface area contributed by atoms with Crippen LogP contribution >= 0.6 is 12.6 Å². The van der Waals surface area contributed by atoms with E-state index in [1.54, 1.807) is 14.2 Å². The molecule has 2 rings (SSSR count). The van der Waals surface area contributed by atoms with Gasteiger partial charge in [0, 0.05) is 11.0 Å². The lowest BCUT2D eigenvalue weighted by atomic mass is 9.76. The van der Waals surface area contributed by atoms with E-state index in [1.807, 2.05) is 18.2 Å². The van der Waals surface area contributed by atoms with Crippen LogP contribution in [-0.2, 0) is 10.2 Å². The van der Waals surface area contributed by atoms with Crippen molar-refractivity contribution in [1.82, 2.24) is 0 Å². The van der Waals surface area contributed by atoms with E-state index in [2.05, 4.69) is 12.6 Å². The summed E-state index contributed by atoms with van der Waals surface area (Å²) in [4.78, 5) is 0. The number of benzene rings is 1. The first-order chi connectivity index (χ1) is 8.25. The van der Waals surface area contributed by atoms with E-state index < -0.39 is 0 Å². The van der Waals surface area contributed by atoms with E-state index in [0.29, 0.717) is 0 Å². The first-order valence-electron chi connectivity index (χ1n) is 5.67. The maximum absolute atomic E-state index is 5.44. The molecule has 0 aromatic heterocycles. The summed E-state index contributed by atoms with van der Waals surface area (Å²) in [6, 6.07) is 5.91. The molecular formula is C13H18O3S. The fourth-order valence-corrected chi connectivity index (χ4v) is 2.65. The summed E-state index contributed by atoms with van der Waals surface area (Å²) in [5.41, 5.74) is 1.21. The molecule has 1 aromatic carbocycles. The quantitative estimate of drug-likeness (QED) is 0.817. The van der Waals surface area contributed by atoms with Crippen molar-refractivity contribution in [3.63, 3.8) is 0 Å². The van der Waals surface area contributed by atoms with E-state index >= 15 is 0 Å². The number of hydrogen-bond donors (Lipinski definition) is 1. The Morgan fingerprint density at radius 3 is 2.53 bits per heavy atom. The van der Waals surface area contributed by atoms with Crippen LogP contribution in [0.2, 0.25) is 0 Å². The molecule has 1 fully saturated rings. The predicted octanol–water partition coefficient (Wildman–Crippen LogP) is 2.29. The third kappa shape index (κ3) is 2.24. The van der Waals surface area contributed by atoms with Crippen LogP contribution in [0, 0.1) is 0 Å². The first kappa shape index (κ1) is 12.6. The Kier molecular flexibility index (Phi) is 3.84. The second-order valence-corrected chi connectivity index (χ2v) is 4.76. The molecule has 0 spiro atoms. The van der Waals surface area contributed by atoms with Crippen LogP contribution in [0.4, 0.5) is 0 Å². The summed E-state index contributed by atoms with van der Waals surface area (Å²) < 4.78 is 16.1. The highest BCUT2D eigenvalue weighted by atomic mass is 32.1. The van der Waals surface area contributed by atoms with Crippen LogP contribution in [0.3, 0.4) is 0 Å². The fraction of sp³-hybridized carbons (Fsp3) is 0.538. The van der Waals surface area contributed by atoms with E-state index in [0.717, 1.165) is 36.9 Å². The van der Waals surface area contributed by atoms with Crippen molar-refractivity contribution >= 4 is 12.6 Å². The van der Waals surface area contributed by atoms with Gasteiger partial charge in [0.15, 0.2) is 0 Å². The number of rotatable bonds is 5. The number of thiol groups is 1. The summed E-state index contributed by atoms with van der Waals surface area (Å²) in [5.74, 6) is 2.59. The fourth-order valence-electron chi connectivity index (χ4n) is 2.23. The molecule has 0 aliphatic carbocycles. The molecule has 0 radical (unpaired) electrons. The van der Waals surface area contributed by atoms with Gasteiger partial charge in [-0.1, -0.05) is 0 Å². The third-order valence-corrected chi connectivity index (χ3v) is 3.55. The Balaban J connectivity index is 2.40. The zero-order valence-electron chi connectivity index (χ0n) is 10.2. The molecule has 1 heterocycles. The Morgan fingerprint density at radius 1 is 1.29 bits per heavy atom. The molecule has 1 saturated heterocycles. The van der Waals surface area contributed by atoms with Gasteiger partial charge in [-0.15, -0.1) is 0 Å². The van der Waals surface area contributed by atoms with Crippen molar-refractivity contribution in [2.24, 2.45) is 0 Å². The van der Waals surface area contributed by atoms with Gasteiger partial charge in [-0.25, -0.2) is 0 Å². The first-order valence-corrected chi connectivity index (χ1v) is 6.30. The normalized spacial score (nSPS) is 17.4. The van der Waals surface area contributed by atoms with Crippen molar-refractivity contribution in [3.05, 3.63) is 23.8 Å². The van der Waals surface area contributed by atoms with Crippen molar-refractivity contribution in [2.75, 3.05) is 33.2 Å². The average Bonchev–Trinajstić information content (AvgIpc) is 2.33. The van der Waals surface area contributed by atoms with Gasteiger partial charge < -0.3 is 14.2 Å². The van der Waals surface area contributed by atoms with Gasteiger partial charge in [0.25, 0.3) is 0 Å². The largest absolute Gasteiger partial charge is 0.497 e. The number of ether oxygens (including phenoxy) is 3. The maximum Gasteiger partial charge on any atom is 0.123 e. The van der Waals surface area contributed by atoms with Crippen LogP contribution < -0.4 is 9.47 Å². The van der Waals surface area contributed by atoms with Crippen molar-refractivity contribution in [1.29, 1.82) is 0 Å². The monoisotopic (exact) mass is 254 g/mol. The van der Waals surface area contributed by atoms with E-state index in [4.69, 9.17) is 14.2 Å². The van der Waals surface area contributed by atoms with Crippen molar-refractivity contribution in [3.8, 4) is 11.5 Å². The lowest BCUT2D eigenvalue weighted by Gasteiger charge is -2.42. The van der Waals surface area contributed by atoms with Crippen LogP contribution in [0.1, 0.15) is 12.0 Å². The van der Waals surface area contributed by atoms with E-state index in [-0.39, 0.29) is 5.41 Å². The topological polar surface area (TPSA) is 27.7 Å². The minimum absolute atomic E-state index is 0.0433. The minimum atomic E-state index is 0.0433. The van der Waals surface area contributed by atoms with Crippen LogP contribution in [-0.4, -0.2) is 33.2 Å². The van der Waals surface area contributed by atoms with Crippen molar-refractivity contribution in [2.45, 2.75) is 11.8 Å². The Morgan fingerprint density at radius 2 is 2.06 bits per heavy atom. The standard InChI is InChI=1S/C13H18O3S/c1-14-10-3-4-12(15-2)11(7-10)13(5-6-17)8-16-9-13/h3-4,7,17H,5-6,8-9H2,1-2H3. The molecule has 0 bridgehead atoms. The smallest absolute Gasteiger partial charge is 0.123 e. The number of methoxy groups -OCH3 is 2. The summed E-state index contributed by atoms with van der Waals surface area (Å²) in [6.45, 7) is 1.47. The molecule has 94 valence electrons. The van der Waals surface area contributed by atoms with Crippen molar-refractivity contribution < 1.29 is 14.2 Å². The maximum atomic E-state index is 5.44. The van der Waals surface area contributed by atoms with Gasteiger partial charge in [0.05, 0.1) is 27.4 Å². The molecule has 1 aliphatic rings. The molecule has 0 N–H and O–H groups in total. The second-order valence-electron chi connectivity index (χ2n) is 4.31. The molecule has 17 heavy (non-hydrogen) atoms. The highest BCUT2D eigenvalue weighted by molar-refractivity contribution is 7.80. The molecule has 0 saturated carbocycles. The molecule has 1 aliphatic heterocycles. The summed E-state index contributed by atoms with van der Waals surface area (Å²) in [5, 5.41) is 0. The molecule has 0 atom stereocenters. The predicted molar refractivity (Wildman–Crippen MR) is 70.5 cm³/mol. The van der Waals surface area contributed by atoms with E-state index in [1.165, 1.54) is 5.56 Å². The van der Waals surface area contributed by atoms with Gasteiger partial charge in [-0.05, 0) is 30.4 Å². The van der Waals surface area contributed by atoms with Gasteiger partial charge in [-0.2, -0.15) is 12.6 Å². The van der Waals surface area contributed by atoms with Crippen LogP contribution in [0.25, 0.3) is 0 Å². The zero-order valence-corrected chi connectivity index (χ0v) is 11.1. The van der Waals surface area contributed by atoms with Crippen LogP contribution in [0.5, 0.6) is 11.5 Å². The van der Waals surface area contributed by atoms with Gasteiger partial charge >= 0.3 is 0 Å². The molecule has 3 nitrogen and oxygen atoms in total. The number of hydrogen-bond acceptors (Lipinski definition) is 4. The zero-order chi connectivity index (χ0) is 12.3. The Hall–Kier alpha value is -0.870. The van der Waals surface area contributed by atoms with Gasteiger partial charge in [0.2, 0.25) is 0 Å². The Bertz CT molecular complexity index is 388. The van der Waals surface area contributed by atoms with E-state index in [9.17, 15) is 0 Å².